The average molecular weight is 334 g/mol. The van der Waals surface area contributed by atoms with Crippen LogP contribution < -0.4 is 9.47 Å². The number of carbonyl (C=O) groups is 3. The zero-order valence-electron chi connectivity index (χ0n) is 12.5. The van der Waals surface area contributed by atoms with E-state index in [-0.39, 0.29) is 5.56 Å². The number of rotatable bonds is 3. The van der Waals surface area contributed by atoms with E-state index < -0.39 is 18.3 Å². The lowest BCUT2D eigenvalue weighted by Crippen LogP contribution is -2.17. The molecule has 126 valence electrons. The SMILES string of the molecule is COc1ccccc1C(=O)OC(=O)Oc1ccccc1.O=C(O)O. The highest BCUT2D eigenvalue weighted by Crippen LogP contribution is 2.18. The fourth-order valence-electron chi connectivity index (χ4n) is 1.55. The van der Waals surface area contributed by atoms with Crippen molar-refractivity contribution < 1.29 is 38.8 Å². The Hall–Kier alpha value is -3.55. The van der Waals surface area contributed by atoms with E-state index in [0.717, 1.165) is 0 Å². The minimum atomic E-state index is -1.83. The second kappa shape index (κ2) is 9.46. The predicted molar refractivity (Wildman–Crippen MR) is 81.5 cm³/mol. The molecule has 0 aliphatic rings. The van der Waals surface area contributed by atoms with E-state index in [4.69, 9.17) is 24.5 Å². The number of hydrogen-bond acceptors (Lipinski definition) is 6. The van der Waals surface area contributed by atoms with Gasteiger partial charge < -0.3 is 24.4 Å². The predicted octanol–water partition coefficient (Wildman–Crippen LogP) is 3.27. The van der Waals surface area contributed by atoms with Crippen molar-refractivity contribution >= 4 is 18.3 Å². The summed E-state index contributed by atoms with van der Waals surface area (Å²) in [5.74, 6) is -0.210. The first-order valence-corrected chi connectivity index (χ1v) is 6.48. The Kier molecular flexibility index (Phi) is 7.29. The minimum Gasteiger partial charge on any atom is -0.496 e. The second-order valence-corrected chi connectivity index (χ2v) is 4.04. The molecule has 0 spiro atoms. The zero-order valence-corrected chi connectivity index (χ0v) is 12.5. The molecule has 0 atom stereocenters. The Morgan fingerprint density at radius 3 is 2.00 bits per heavy atom. The molecular formula is C16H14O8. The molecule has 0 saturated carbocycles. The van der Waals surface area contributed by atoms with Gasteiger partial charge in [0.1, 0.15) is 17.1 Å². The molecule has 2 aromatic carbocycles. The molecule has 0 aliphatic heterocycles. The molecule has 0 radical (unpaired) electrons. The summed E-state index contributed by atoms with van der Waals surface area (Å²) in [6.45, 7) is 0. The van der Waals surface area contributed by atoms with Gasteiger partial charge in [-0.25, -0.2) is 14.4 Å². The Bertz CT molecular complexity index is 692. The monoisotopic (exact) mass is 334 g/mol. The smallest absolute Gasteiger partial charge is 0.496 e. The standard InChI is InChI=1S/C15H12O5.CH2O3/c1-18-13-10-6-5-9-12(13)14(16)20-15(17)19-11-7-3-2-4-8-11;2-1(3)4/h2-10H,1H3;(H2,2,3,4). The van der Waals surface area contributed by atoms with Crippen molar-refractivity contribution in [3.63, 3.8) is 0 Å². The van der Waals surface area contributed by atoms with Crippen LogP contribution in [-0.4, -0.2) is 35.6 Å². The van der Waals surface area contributed by atoms with Crippen molar-refractivity contribution in [3.8, 4) is 11.5 Å². The third-order valence-electron chi connectivity index (χ3n) is 2.45. The lowest BCUT2D eigenvalue weighted by Gasteiger charge is -2.07. The van der Waals surface area contributed by atoms with Crippen LogP contribution in [0.2, 0.25) is 0 Å². The largest absolute Gasteiger partial charge is 0.521 e. The third kappa shape index (κ3) is 6.48. The molecule has 8 heteroatoms. The number of carboxylic acid groups (broad SMARTS) is 2. The Morgan fingerprint density at radius 2 is 1.42 bits per heavy atom. The van der Waals surface area contributed by atoms with Crippen LogP contribution >= 0.6 is 0 Å². The van der Waals surface area contributed by atoms with Crippen LogP contribution in [0.3, 0.4) is 0 Å². The molecule has 0 fully saturated rings. The van der Waals surface area contributed by atoms with E-state index in [0.29, 0.717) is 11.5 Å². The molecule has 0 amide bonds. The first-order valence-electron chi connectivity index (χ1n) is 6.48. The summed E-state index contributed by atoms with van der Waals surface area (Å²) in [5, 5.41) is 13.9. The minimum absolute atomic E-state index is 0.153. The van der Waals surface area contributed by atoms with Gasteiger partial charge in [-0.1, -0.05) is 30.3 Å². The highest BCUT2D eigenvalue weighted by Gasteiger charge is 2.18. The first-order chi connectivity index (χ1) is 11.4. The molecule has 0 unspecified atom stereocenters. The maximum absolute atomic E-state index is 11.8. The summed E-state index contributed by atoms with van der Waals surface area (Å²) >= 11 is 0. The van der Waals surface area contributed by atoms with E-state index in [1.54, 1.807) is 48.5 Å². The van der Waals surface area contributed by atoms with E-state index in [9.17, 15) is 9.59 Å². The molecule has 2 N–H and O–H groups in total. The Balaban J connectivity index is 0.000000648. The molecule has 0 aliphatic carbocycles. The van der Waals surface area contributed by atoms with Crippen molar-refractivity contribution in [2.24, 2.45) is 0 Å². The molecular weight excluding hydrogens is 320 g/mol. The van der Waals surface area contributed by atoms with E-state index in [1.165, 1.54) is 13.2 Å². The van der Waals surface area contributed by atoms with Crippen molar-refractivity contribution in [3.05, 3.63) is 60.2 Å². The molecule has 0 aromatic heterocycles. The van der Waals surface area contributed by atoms with Gasteiger partial charge in [0.15, 0.2) is 0 Å². The maximum atomic E-state index is 11.8. The van der Waals surface area contributed by atoms with Crippen LogP contribution in [0, 0.1) is 0 Å². The summed E-state index contributed by atoms with van der Waals surface area (Å²) in [7, 11) is 1.43. The van der Waals surface area contributed by atoms with Gasteiger partial charge in [0, 0.05) is 0 Å². The number of esters is 1. The fourth-order valence-corrected chi connectivity index (χ4v) is 1.55. The number of para-hydroxylation sites is 2. The van der Waals surface area contributed by atoms with E-state index >= 15 is 0 Å². The third-order valence-corrected chi connectivity index (χ3v) is 2.45. The molecule has 2 aromatic rings. The Morgan fingerprint density at radius 1 is 0.875 bits per heavy atom. The van der Waals surface area contributed by atoms with Crippen molar-refractivity contribution in [1.29, 1.82) is 0 Å². The molecule has 8 nitrogen and oxygen atoms in total. The van der Waals surface area contributed by atoms with Crippen molar-refractivity contribution in [2.75, 3.05) is 7.11 Å². The van der Waals surface area contributed by atoms with Crippen molar-refractivity contribution in [1.82, 2.24) is 0 Å². The average Bonchev–Trinajstić information content (AvgIpc) is 2.55. The fraction of sp³-hybridized carbons (Fsp3) is 0.0625. The summed E-state index contributed by atoms with van der Waals surface area (Å²) in [6.07, 6.45) is -2.92. The molecule has 0 heterocycles. The van der Waals surface area contributed by atoms with E-state index in [2.05, 4.69) is 4.74 Å². The van der Waals surface area contributed by atoms with Gasteiger partial charge in [-0.3, -0.25) is 0 Å². The van der Waals surface area contributed by atoms with Crippen molar-refractivity contribution in [2.45, 2.75) is 0 Å². The van der Waals surface area contributed by atoms with E-state index in [1.807, 2.05) is 0 Å². The van der Waals surface area contributed by atoms with Gasteiger partial charge in [0.25, 0.3) is 0 Å². The van der Waals surface area contributed by atoms with Crippen LogP contribution in [0.25, 0.3) is 0 Å². The summed E-state index contributed by atoms with van der Waals surface area (Å²) in [6, 6.07) is 14.8. The first kappa shape index (κ1) is 18.5. The number of hydrogen-bond donors (Lipinski definition) is 2. The highest BCUT2D eigenvalue weighted by atomic mass is 16.7. The van der Waals surface area contributed by atoms with Gasteiger partial charge >= 0.3 is 18.3 Å². The van der Waals surface area contributed by atoms with Crippen LogP contribution in [-0.2, 0) is 4.74 Å². The lowest BCUT2D eigenvalue weighted by atomic mass is 10.2. The van der Waals surface area contributed by atoms with Crippen LogP contribution in [0.15, 0.2) is 54.6 Å². The summed E-state index contributed by atoms with van der Waals surface area (Å²) in [4.78, 5) is 31.9. The summed E-state index contributed by atoms with van der Waals surface area (Å²) < 4.78 is 14.5. The second-order valence-electron chi connectivity index (χ2n) is 4.04. The molecule has 0 bridgehead atoms. The van der Waals surface area contributed by atoms with Gasteiger partial charge in [0.05, 0.1) is 7.11 Å². The number of carbonyl (C=O) groups excluding carboxylic acids is 2. The number of benzene rings is 2. The van der Waals surface area contributed by atoms with Crippen LogP contribution in [0.1, 0.15) is 10.4 Å². The zero-order chi connectivity index (χ0) is 17.9. The number of methoxy groups -OCH3 is 1. The quantitative estimate of drug-likeness (QED) is 0.498. The maximum Gasteiger partial charge on any atom is 0.521 e. The normalized spacial score (nSPS) is 9.04. The van der Waals surface area contributed by atoms with Crippen LogP contribution in [0.4, 0.5) is 9.59 Å². The van der Waals surface area contributed by atoms with Gasteiger partial charge in [-0.2, -0.15) is 0 Å². The Labute approximate surface area is 136 Å². The van der Waals surface area contributed by atoms with Gasteiger partial charge in [0.2, 0.25) is 0 Å². The lowest BCUT2D eigenvalue weighted by molar-refractivity contribution is 0.0526. The number of ether oxygens (including phenoxy) is 3. The highest BCUT2D eigenvalue weighted by molar-refractivity contribution is 5.97. The molecule has 0 saturated heterocycles. The van der Waals surface area contributed by atoms with Gasteiger partial charge in [-0.15, -0.1) is 0 Å². The van der Waals surface area contributed by atoms with Crippen LogP contribution in [0.5, 0.6) is 11.5 Å². The summed E-state index contributed by atoms with van der Waals surface area (Å²) in [5.41, 5.74) is 0.153. The topological polar surface area (TPSA) is 119 Å². The molecule has 2 rings (SSSR count). The van der Waals surface area contributed by atoms with Gasteiger partial charge in [-0.05, 0) is 24.3 Å². The molecule has 24 heavy (non-hydrogen) atoms.